The van der Waals surface area contributed by atoms with Gasteiger partial charge < -0.3 is 24.6 Å². The zero-order valence-electron chi connectivity index (χ0n) is 16.2. The second-order valence-electron chi connectivity index (χ2n) is 6.87. The Kier molecular flexibility index (Phi) is 7.91. The van der Waals surface area contributed by atoms with Crippen molar-refractivity contribution in [2.24, 2.45) is 11.8 Å². The molecule has 1 aromatic rings. The predicted octanol–water partition coefficient (Wildman–Crippen LogP) is 2.79. The van der Waals surface area contributed by atoms with Gasteiger partial charge in [-0.2, -0.15) is 0 Å². The molecule has 0 saturated heterocycles. The van der Waals surface area contributed by atoms with Crippen molar-refractivity contribution in [2.45, 2.75) is 38.6 Å². The van der Waals surface area contributed by atoms with Crippen LogP contribution in [0.3, 0.4) is 0 Å². The number of nitrogens with one attached hydrogen (secondary N) is 1. The lowest BCUT2D eigenvalue weighted by Crippen LogP contribution is -2.35. The molecule has 2 rings (SSSR count). The Bertz CT molecular complexity index is 639. The molecule has 0 spiro atoms. The Morgan fingerprint density at radius 3 is 2.37 bits per heavy atom. The fourth-order valence-electron chi connectivity index (χ4n) is 3.32. The van der Waals surface area contributed by atoms with E-state index in [4.69, 9.17) is 19.3 Å². The second-order valence-corrected chi connectivity index (χ2v) is 6.87. The highest BCUT2D eigenvalue weighted by Crippen LogP contribution is 2.32. The number of amides is 1. The molecule has 0 aliphatic heterocycles. The number of carboxylic acid groups (broad SMARTS) is 1. The van der Waals surface area contributed by atoms with Crippen LogP contribution in [0, 0.1) is 11.8 Å². The summed E-state index contributed by atoms with van der Waals surface area (Å²) in [5.41, 5.74) is 0.915. The highest BCUT2D eigenvalue weighted by Gasteiger charge is 2.30. The van der Waals surface area contributed by atoms with Gasteiger partial charge in [0.1, 0.15) is 6.61 Å². The molecule has 0 heterocycles. The van der Waals surface area contributed by atoms with Crippen molar-refractivity contribution in [3.63, 3.8) is 0 Å². The van der Waals surface area contributed by atoms with Crippen LogP contribution in [0.1, 0.15) is 44.2 Å². The highest BCUT2D eigenvalue weighted by molar-refractivity contribution is 5.79. The first-order chi connectivity index (χ1) is 13.0. The van der Waals surface area contributed by atoms with Gasteiger partial charge in [-0.25, -0.2) is 0 Å². The number of methoxy groups -OCH3 is 2. The number of hydrogen-bond donors (Lipinski definition) is 2. The van der Waals surface area contributed by atoms with Crippen LogP contribution in [0.4, 0.5) is 0 Å². The first kappa shape index (κ1) is 21.0. The maximum atomic E-state index is 12.5. The quantitative estimate of drug-likeness (QED) is 0.641. The Morgan fingerprint density at radius 2 is 1.78 bits per heavy atom. The topological polar surface area (TPSA) is 94.1 Å². The van der Waals surface area contributed by atoms with E-state index in [9.17, 15) is 9.59 Å². The SMILES string of the molecule is COCCOc1ccc(C(C)NC(=O)C2CCC(C(=O)O)CC2)cc1OC. The summed E-state index contributed by atoms with van der Waals surface area (Å²) in [5, 5.41) is 12.1. The smallest absolute Gasteiger partial charge is 0.306 e. The molecule has 1 amide bonds. The van der Waals surface area contributed by atoms with E-state index in [-0.39, 0.29) is 23.8 Å². The minimum absolute atomic E-state index is 0.0225. The predicted molar refractivity (Wildman–Crippen MR) is 100 cm³/mol. The number of rotatable bonds is 9. The Balaban J connectivity index is 1.93. The van der Waals surface area contributed by atoms with Gasteiger partial charge >= 0.3 is 5.97 Å². The molecule has 1 saturated carbocycles. The highest BCUT2D eigenvalue weighted by atomic mass is 16.5. The standard InChI is InChI=1S/C20H29NO6/c1-13(21-19(22)14-4-6-15(7-5-14)20(23)24)16-8-9-17(18(12-16)26-3)27-11-10-25-2/h8-9,12-15H,4-7,10-11H2,1-3H3,(H,21,22)(H,23,24). The summed E-state index contributed by atoms with van der Waals surface area (Å²) >= 11 is 0. The number of aliphatic carboxylic acids is 1. The van der Waals surface area contributed by atoms with E-state index >= 15 is 0 Å². The minimum Gasteiger partial charge on any atom is -0.493 e. The first-order valence-corrected chi connectivity index (χ1v) is 9.29. The molecule has 27 heavy (non-hydrogen) atoms. The molecule has 1 fully saturated rings. The van der Waals surface area contributed by atoms with Crippen LogP contribution in [0.25, 0.3) is 0 Å². The maximum absolute atomic E-state index is 12.5. The van der Waals surface area contributed by atoms with Gasteiger partial charge in [-0.05, 0) is 50.3 Å². The van der Waals surface area contributed by atoms with Crippen molar-refractivity contribution in [2.75, 3.05) is 27.4 Å². The van der Waals surface area contributed by atoms with E-state index in [1.54, 1.807) is 14.2 Å². The van der Waals surface area contributed by atoms with Gasteiger partial charge in [-0.3, -0.25) is 9.59 Å². The lowest BCUT2D eigenvalue weighted by Gasteiger charge is -2.26. The van der Waals surface area contributed by atoms with Crippen LogP contribution in [0.15, 0.2) is 18.2 Å². The third-order valence-electron chi connectivity index (χ3n) is 5.04. The summed E-state index contributed by atoms with van der Waals surface area (Å²) in [4.78, 5) is 23.6. The van der Waals surface area contributed by atoms with Gasteiger partial charge in [0, 0.05) is 13.0 Å². The number of carbonyl (C=O) groups excluding carboxylic acids is 1. The normalized spacial score (nSPS) is 20.6. The van der Waals surface area contributed by atoms with Crippen molar-refractivity contribution in [1.29, 1.82) is 0 Å². The molecular formula is C20H29NO6. The molecular weight excluding hydrogens is 350 g/mol. The minimum atomic E-state index is -0.762. The summed E-state index contributed by atoms with van der Waals surface area (Å²) in [6, 6.07) is 5.40. The van der Waals surface area contributed by atoms with Crippen LogP contribution in [-0.4, -0.2) is 44.4 Å². The summed E-state index contributed by atoms with van der Waals surface area (Å²) < 4.78 is 16.0. The fourth-order valence-corrected chi connectivity index (χ4v) is 3.32. The van der Waals surface area contributed by atoms with E-state index in [1.807, 2.05) is 25.1 Å². The molecule has 0 aromatic heterocycles. The molecule has 1 aromatic carbocycles. The summed E-state index contributed by atoms with van der Waals surface area (Å²) in [7, 11) is 3.19. The Morgan fingerprint density at radius 1 is 1.11 bits per heavy atom. The average molecular weight is 379 g/mol. The molecule has 1 aliphatic rings. The van der Waals surface area contributed by atoms with Crippen LogP contribution in [0.2, 0.25) is 0 Å². The summed E-state index contributed by atoms with van der Waals surface area (Å²) in [6.45, 7) is 2.83. The molecule has 7 heteroatoms. The van der Waals surface area contributed by atoms with E-state index in [0.29, 0.717) is 50.4 Å². The fraction of sp³-hybridized carbons (Fsp3) is 0.600. The van der Waals surface area contributed by atoms with E-state index < -0.39 is 5.97 Å². The van der Waals surface area contributed by atoms with Crippen LogP contribution < -0.4 is 14.8 Å². The second kappa shape index (κ2) is 10.2. The molecule has 150 valence electrons. The lowest BCUT2D eigenvalue weighted by molar-refractivity contribution is -0.144. The maximum Gasteiger partial charge on any atom is 0.306 e. The zero-order valence-corrected chi connectivity index (χ0v) is 16.2. The van der Waals surface area contributed by atoms with Crippen LogP contribution >= 0.6 is 0 Å². The van der Waals surface area contributed by atoms with Crippen molar-refractivity contribution in [3.8, 4) is 11.5 Å². The first-order valence-electron chi connectivity index (χ1n) is 9.29. The largest absolute Gasteiger partial charge is 0.493 e. The van der Waals surface area contributed by atoms with Gasteiger partial charge in [-0.1, -0.05) is 6.07 Å². The van der Waals surface area contributed by atoms with Crippen LogP contribution in [-0.2, 0) is 14.3 Å². The Hall–Kier alpha value is -2.28. The molecule has 1 aliphatic carbocycles. The van der Waals surface area contributed by atoms with Gasteiger partial charge in [0.05, 0.1) is 25.7 Å². The van der Waals surface area contributed by atoms with Crippen molar-refractivity contribution in [1.82, 2.24) is 5.32 Å². The molecule has 7 nitrogen and oxygen atoms in total. The Labute approximate surface area is 160 Å². The van der Waals surface area contributed by atoms with Gasteiger partial charge in [-0.15, -0.1) is 0 Å². The number of ether oxygens (including phenoxy) is 3. The monoisotopic (exact) mass is 379 g/mol. The van der Waals surface area contributed by atoms with Crippen molar-refractivity contribution in [3.05, 3.63) is 23.8 Å². The van der Waals surface area contributed by atoms with Gasteiger partial charge in [0.15, 0.2) is 11.5 Å². The molecule has 0 radical (unpaired) electrons. The average Bonchev–Trinajstić information content (AvgIpc) is 2.68. The molecule has 0 bridgehead atoms. The molecule has 1 atom stereocenters. The molecule has 1 unspecified atom stereocenters. The van der Waals surface area contributed by atoms with E-state index in [1.165, 1.54) is 0 Å². The number of hydrogen-bond acceptors (Lipinski definition) is 5. The van der Waals surface area contributed by atoms with Crippen molar-refractivity contribution >= 4 is 11.9 Å². The van der Waals surface area contributed by atoms with E-state index in [2.05, 4.69) is 5.32 Å². The lowest BCUT2D eigenvalue weighted by atomic mass is 9.81. The van der Waals surface area contributed by atoms with Crippen LogP contribution in [0.5, 0.6) is 11.5 Å². The summed E-state index contributed by atoms with van der Waals surface area (Å²) in [6.07, 6.45) is 2.35. The van der Waals surface area contributed by atoms with Gasteiger partial charge in [0.25, 0.3) is 0 Å². The third-order valence-corrected chi connectivity index (χ3v) is 5.04. The number of carbonyl (C=O) groups is 2. The third kappa shape index (κ3) is 5.85. The zero-order chi connectivity index (χ0) is 19.8. The summed E-state index contributed by atoms with van der Waals surface area (Å²) in [5.74, 6) is 0.00586. The number of benzene rings is 1. The molecule has 2 N–H and O–H groups in total. The number of carboxylic acids is 1. The van der Waals surface area contributed by atoms with Gasteiger partial charge in [0.2, 0.25) is 5.91 Å². The van der Waals surface area contributed by atoms with E-state index in [0.717, 1.165) is 5.56 Å². The van der Waals surface area contributed by atoms with Crippen molar-refractivity contribution < 1.29 is 28.9 Å².